The smallest absolute Gasteiger partial charge is 0.264 e. The molecule has 0 spiro atoms. The molecule has 0 saturated carbocycles. The van der Waals surface area contributed by atoms with Crippen molar-refractivity contribution < 1.29 is 9.59 Å². The molecular weight excluding hydrogens is 348 g/mol. The van der Waals surface area contributed by atoms with Crippen LogP contribution in [-0.2, 0) is 4.79 Å². The molecule has 8 heteroatoms. The quantitative estimate of drug-likeness (QED) is 0.850. The number of piperazine rings is 2. The molecule has 1 aromatic heterocycles. The van der Waals surface area contributed by atoms with Crippen molar-refractivity contribution in [3.63, 3.8) is 0 Å². The van der Waals surface area contributed by atoms with Gasteiger partial charge >= 0.3 is 0 Å². The third-order valence-electron chi connectivity index (χ3n) is 4.63. The van der Waals surface area contributed by atoms with E-state index >= 15 is 0 Å². The van der Waals surface area contributed by atoms with Crippen molar-refractivity contribution in [3.05, 3.63) is 22.4 Å². The molecule has 0 aliphatic carbocycles. The second kappa shape index (κ2) is 8.80. The Kier molecular flexibility index (Phi) is 7.03. The highest BCUT2D eigenvalue weighted by atomic mass is 35.5. The van der Waals surface area contributed by atoms with Gasteiger partial charge in [-0.1, -0.05) is 6.07 Å². The van der Waals surface area contributed by atoms with Crippen molar-refractivity contribution in [2.24, 2.45) is 0 Å². The minimum Gasteiger partial charge on any atom is -0.338 e. The number of amides is 2. The summed E-state index contributed by atoms with van der Waals surface area (Å²) in [5.74, 6) is 0.268. The molecule has 1 aromatic rings. The molecule has 1 atom stereocenters. The summed E-state index contributed by atoms with van der Waals surface area (Å²) in [5, 5.41) is 5.26. The second-order valence-corrected chi connectivity index (χ2v) is 7.12. The van der Waals surface area contributed by atoms with Crippen molar-refractivity contribution in [3.8, 4) is 0 Å². The standard InChI is InChI=1S/C16H24N4O2S.ClH/c1-13-11-17-4-5-20(13)12-15(21)18-6-8-19(9-7-18)16(22)14-3-2-10-23-14;/h2-3,10,13,17H,4-9,11-12H2,1H3;1H/t13-;/m1./s1. The highest BCUT2D eigenvalue weighted by Gasteiger charge is 2.27. The Balaban J connectivity index is 0.00000208. The summed E-state index contributed by atoms with van der Waals surface area (Å²) in [6.45, 7) is 7.96. The first-order valence-electron chi connectivity index (χ1n) is 8.20. The fourth-order valence-corrected chi connectivity index (χ4v) is 3.80. The summed E-state index contributed by atoms with van der Waals surface area (Å²) in [6, 6.07) is 4.15. The van der Waals surface area contributed by atoms with Crippen LogP contribution in [0, 0.1) is 0 Å². The van der Waals surface area contributed by atoms with Crippen LogP contribution in [0.25, 0.3) is 0 Å². The van der Waals surface area contributed by atoms with Gasteiger partial charge in [-0.2, -0.15) is 0 Å². The molecule has 2 amide bonds. The Hall–Kier alpha value is -1.15. The van der Waals surface area contributed by atoms with Gasteiger partial charge in [-0.3, -0.25) is 14.5 Å². The van der Waals surface area contributed by atoms with E-state index in [9.17, 15) is 9.59 Å². The maximum Gasteiger partial charge on any atom is 0.264 e. The average molecular weight is 373 g/mol. The molecule has 2 aliphatic rings. The number of rotatable bonds is 3. The summed E-state index contributed by atoms with van der Waals surface area (Å²) in [7, 11) is 0. The lowest BCUT2D eigenvalue weighted by Gasteiger charge is -2.38. The van der Waals surface area contributed by atoms with Gasteiger partial charge in [0, 0.05) is 51.9 Å². The minimum atomic E-state index is 0. The zero-order valence-corrected chi connectivity index (χ0v) is 15.6. The van der Waals surface area contributed by atoms with E-state index in [0.29, 0.717) is 38.8 Å². The molecule has 0 aromatic carbocycles. The van der Waals surface area contributed by atoms with Crippen LogP contribution in [0.3, 0.4) is 0 Å². The third kappa shape index (κ3) is 4.47. The molecule has 2 fully saturated rings. The van der Waals surface area contributed by atoms with Gasteiger partial charge in [0.1, 0.15) is 0 Å². The van der Waals surface area contributed by atoms with Crippen molar-refractivity contribution in [1.82, 2.24) is 20.0 Å². The zero-order valence-electron chi connectivity index (χ0n) is 13.9. The Morgan fingerprint density at radius 1 is 1.21 bits per heavy atom. The first-order chi connectivity index (χ1) is 11.1. The predicted octanol–water partition coefficient (Wildman–Crippen LogP) is 0.748. The van der Waals surface area contributed by atoms with Crippen molar-refractivity contribution in [2.45, 2.75) is 13.0 Å². The number of carbonyl (C=O) groups is 2. The molecule has 0 radical (unpaired) electrons. The molecule has 6 nitrogen and oxygen atoms in total. The molecule has 0 bridgehead atoms. The Morgan fingerprint density at radius 3 is 2.54 bits per heavy atom. The molecule has 134 valence electrons. The lowest BCUT2D eigenvalue weighted by molar-refractivity contribution is -0.134. The molecule has 2 aliphatic heterocycles. The summed E-state index contributed by atoms with van der Waals surface area (Å²) in [5.41, 5.74) is 0. The molecule has 2 saturated heterocycles. The number of hydrogen-bond donors (Lipinski definition) is 1. The first-order valence-corrected chi connectivity index (χ1v) is 9.08. The Morgan fingerprint density at radius 2 is 1.92 bits per heavy atom. The van der Waals surface area contributed by atoms with Crippen LogP contribution < -0.4 is 5.32 Å². The van der Waals surface area contributed by atoms with E-state index in [1.165, 1.54) is 11.3 Å². The molecule has 3 heterocycles. The van der Waals surface area contributed by atoms with Crippen molar-refractivity contribution >= 4 is 35.6 Å². The Bertz CT molecular complexity index is 546. The van der Waals surface area contributed by atoms with E-state index in [4.69, 9.17) is 0 Å². The van der Waals surface area contributed by atoms with Gasteiger partial charge in [-0.05, 0) is 18.4 Å². The average Bonchev–Trinajstić information content (AvgIpc) is 3.11. The molecule has 24 heavy (non-hydrogen) atoms. The zero-order chi connectivity index (χ0) is 16.2. The third-order valence-corrected chi connectivity index (χ3v) is 5.49. The van der Waals surface area contributed by atoms with E-state index in [0.717, 1.165) is 24.5 Å². The van der Waals surface area contributed by atoms with Gasteiger partial charge < -0.3 is 15.1 Å². The van der Waals surface area contributed by atoms with E-state index in [-0.39, 0.29) is 24.2 Å². The number of halogens is 1. The first kappa shape index (κ1) is 19.2. The lowest BCUT2D eigenvalue weighted by Crippen LogP contribution is -2.56. The minimum absolute atomic E-state index is 0. The van der Waals surface area contributed by atoms with Gasteiger partial charge in [-0.15, -0.1) is 23.7 Å². The van der Waals surface area contributed by atoms with Gasteiger partial charge in [-0.25, -0.2) is 0 Å². The molecular formula is C16H25ClN4O2S. The number of nitrogens with one attached hydrogen (secondary N) is 1. The highest BCUT2D eigenvalue weighted by Crippen LogP contribution is 2.14. The van der Waals surface area contributed by atoms with Crippen LogP contribution in [0.2, 0.25) is 0 Å². The monoisotopic (exact) mass is 372 g/mol. The number of hydrogen-bond acceptors (Lipinski definition) is 5. The van der Waals surface area contributed by atoms with Crippen molar-refractivity contribution in [2.75, 3.05) is 52.4 Å². The fourth-order valence-electron chi connectivity index (χ4n) is 3.11. The van der Waals surface area contributed by atoms with Gasteiger partial charge in [0.05, 0.1) is 11.4 Å². The summed E-state index contributed by atoms with van der Waals surface area (Å²) >= 11 is 1.47. The normalized spacial score (nSPS) is 22.1. The van der Waals surface area contributed by atoms with Crippen LogP contribution in [-0.4, -0.2) is 84.9 Å². The number of thiophene rings is 1. The van der Waals surface area contributed by atoms with E-state index < -0.39 is 0 Å². The van der Waals surface area contributed by atoms with Crippen molar-refractivity contribution in [1.29, 1.82) is 0 Å². The predicted molar refractivity (Wildman–Crippen MR) is 98.0 cm³/mol. The van der Waals surface area contributed by atoms with Gasteiger partial charge in [0.2, 0.25) is 5.91 Å². The van der Waals surface area contributed by atoms with E-state index in [2.05, 4.69) is 17.1 Å². The Labute approximate surface area is 153 Å². The van der Waals surface area contributed by atoms with Crippen LogP contribution >= 0.6 is 23.7 Å². The molecule has 3 rings (SSSR count). The fraction of sp³-hybridized carbons (Fsp3) is 0.625. The summed E-state index contributed by atoms with van der Waals surface area (Å²) in [4.78, 5) is 31.6. The summed E-state index contributed by atoms with van der Waals surface area (Å²) < 4.78 is 0. The van der Waals surface area contributed by atoms with Crippen LogP contribution in [0.4, 0.5) is 0 Å². The van der Waals surface area contributed by atoms with Crippen LogP contribution in [0.1, 0.15) is 16.6 Å². The maximum absolute atomic E-state index is 12.5. The molecule has 1 N–H and O–H groups in total. The molecule has 0 unspecified atom stereocenters. The maximum atomic E-state index is 12.5. The second-order valence-electron chi connectivity index (χ2n) is 6.17. The number of carbonyl (C=O) groups excluding carboxylic acids is 2. The van der Waals surface area contributed by atoms with E-state index in [1.807, 2.05) is 27.3 Å². The largest absolute Gasteiger partial charge is 0.338 e. The van der Waals surface area contributed by atoms with Crippen LogP contribution in [0.15, 0.2) is 17.5 Å². The highest BCUT2D eigenvalue weighted by molar-refractivity contribution is 7.12. The van der Waals surface area contributed by atoms with Gasteiger partial charge in [0.15, 0.2) is 0 Å². The van der Waals surface area contributed by atoms with Crippen LogP contribution in [0.5, 0.6) is 0 Å². The summed E-state index contributed by atoms with van der Waals surface area (Å²) in [6.07, 6.45) is 0. The number of nitrogens with zero attached hydrogens (tertiary/aromatic N) is 3. The van der Waals surface area contributed by atoms with Gasteiger partial charge in [0.25, 0.3) is 5.91 Å². The SMILES string of the molecule is C[C@@H]1CNCCN1CC(=O)N1CCN(C(=O)c2cccs2)CC1.Cl. The lowest BCUT2D eigenvalue weighted by atomic mass is 10.2. The topological polar surface area (TPSA) is 55.9 Å². The van der Waals surface area contributed by atoms with E-state index in [1.54, 1.807) is 0 Å².